The van der Waals surface area contributed by atoms with E-state index in [1.54, 1.807) is 0 Å². The first-order chi connectivity index (χ1) is 7.74. The maximum atomic E-state index is 4.58. The van der Waals surface area contributed by atoms with Gasteiger partial charge in [0.1, 0.15) is 0 Å². The molecule has 3 heteroatoms. The van der Waals surface area contributed by atoms with E-state index in [1.807, 2.05) is 26.0 Å². The molecule has 86 valence electrons. The summed E-state index contributed by atoms with van der Waals surface area (Å²) in [6.45, 7) is 4.02. The molecule has 3 aromatic rings. The molecule has 0 aliphatic carbocycles. The molecule has 0 bridgehead atoms. The van der Waals surface area contributed by atoms with E-state index in [4.69, 9.17) is 0 Å². The molecule has 0 unspecified atom stereocenters. The van der Waals surface area contributed by atoms with E-state index >= 15 is 0 Å². The highest BCUT2D eigenvalue weighted by molar-refractivity contribution is 6.02. The van der Waals surface area contributed by atoms with Gasteiger partial charge in [0.15, 0.2) is 0 Å². The minimum atomic E-state index is 0. The van der Waals surface area contributed by atoms with Crippen molar-refractivity contribution >= 4 is 21.8 Å². The number of aryl methyl sites for hydroxylation is 2. The molecule has 1 aromatic carbocycles. The number of benzene rings is 1. The van der Waals surface area contributed by atoms with Gasteiger partial charge in [-0.1, -0.05) is 24.3 Å². The zero-order chi connectivity index (χ0) is 11.1. The van der Waals surface area contributed by atoms with Gasteiger partial charge in [-0.3, -0.25) is 9.97 Å². The second-order valence-electron chi connectivity index (χ2n) is 4.11. The number of rotatable bonds is 0. The summed E-state index contributed by atoms with van der Waals surface area (Å²) in [4.78, 5) is 9.16. The third-order valence-corrected chi connectivity index (χ3v) is 2.80. The normalized spacial score (nSPS) is 10.5. The maximum absolute atomic E-state index is 4.58. The highest BCUT2D eigenvalue weighted by atomic mass is 16.0. The van der Waals surface area contributed by atoms with Gasteiger partial charge in [0.05, 0.1) is 11.0 Å². The van der Waals surface area contributed by atoms with Crippen LogP contribution in [0.5, 0.6) is 0 Å². The first kappa shape index (κ1) is 11.5. The Morgan fingerprint density at radius 3 is 1.41 bits per heavy atom. The Bertz CT molecular complexity index is 631. The molecular weight excluding hydrogens is 212 g/mol. The van der Waals surface area contributed by atoms with Crippen LogP contribution in [0.1, 0.15) is 11.4 Å². The topological polar surface area (TPSA) is 57.3 Å². The van der Waals surface area contributed by atoms with Gasteiger partial charge in [0.25, 0.3) is 0 Å². The standard InChI is InChI=1S/C14H12N2.H2O/c1-9-3-5-11-7-8-12-6-4-10(2)16-14(12)13(11)15-9;/h3-8H,1-2H3;1H2. The lowest BCUT2D eigenvalue weighted by molar-refractivity contribution is 0.824. The Labute approximate surface area is 99.4 Å². The summed E-state index contributed by atoms with van der Waals surface area (Å²) in [6.07, 6.45) is 0. The van der Waals surface area contributed by atoms with Crippen LogP contribution in [0.3, 0.4) is 0 Å². The molecule has 3 nitrogen and oxygen atoms in total. The van der Waals surface area contributed by atoms with Gasteiger partial charge in [-0.15, -0.1) is 0 Å². The number of aromatic nitrogens is 2. The van der Waals surface area contributed by atoms with Gasteiger partial charge in [0, 0.05) is 22.2 Å². The van der Waals surface area contributed by atoms with E-state index < -0.39 is 0 Å². The molecule has 0 amide bonds. The molecule has 0 radical (unpaired) electrons. The molecule has 0 fully saturated rings. The minimum absolute atomic E-state index is 0. The Morgan fingerprint density at radius 1 is 0.647 bits per heavy atom. The highest BCUT2D eigenvalue weighted by Gasteiger charge is 2.03. The van der Waals surface area contributed by atoms with E-state index in [0.717, 1.165) is 33.2 Å². The lowest BCUT2D eigenvalue weighted by Gasteiger charge is -2.04. The van der Waals surface area contributed by atoms with Crippen LogP contribution in [-0.2, 0) is 0 Å². The lowest BCUT2D eigenvalue weighted by atomic mass is 10.1. The van der Waals surface area contributed by atoms with Crippen LogP contribution in [0.4, 0.5) is 0 Å². The monoisotopic (exact) mass is 226 g/mol. The van der Waals surface area contributed by atoms with Crippen molar-refractivity contribution in [1.82, 2.24) is 9.97 Å². The van der Waals surface area contributed by atoms with Crippen LogP contribution in [-0.4, -0.2) is 15.4 Å². The summed E-state index contributed by atoms with van der Waals surface area (Å²) in [5.74, 6) is 0. The summed E-state index contributed by atoms with van der Waals surface area (Å²) in [5.41, 5.74) is 4.06. The van der Waals surface area contributed by atoms with E-state index in [2.05, 4.69) is 34.2 Å². The SMILES string of the molecule is Cc1ccc2ccc3ccc(C)nc3c2n1.O. The van der Waals surface area contributed by atoms with E-state index in [1.165, 1.54) is 0 Å². The largest absolute Gasteiger partial charge is 0.412 e. The quantitative estimate of drug-likeness (QED) is 0.553. The van der Waals surface area contributed by atoms with Crippen LogP contribution in [0.2, 0.25) is 0 Å². The maximum Gasteiger partial charge on any atom is 0.0967 e. The van der Waals surface area contributed by atoms with Gasteiger partial charge in [0.2, 0.25) is 0 Å². The highest BCUT2D eigenvalue weighted by Crippen LogP contribution is 2.22. The summed E-state index contributed by atoms with van der Waals surface area (Å²) in [5, 5.41) is 2.30. The first-order valence-electron chi connectivity index (χ1n) is 5.38. The molecule has 17 heavy (non-hydrogen) atoms. The van der Waals surface area contributed by atoms with Gasteiger partial charge in [-0.2, -0.15) is 0 Å². The molecular formula is C14H14N2O. The van der Waals surface area contributed by atoms with Crippen LogP contribution >= 0.6 is 0 Å². The fourth-order valence-corrected chi connectivity index (χ4v) is 1.96. The Hall–Kier alpha value is -2.00. The third kappa shape index (κ3) is 1.85. The van der Waals surface area contributed by atoms with Crippen molar-refractivity contribution in [3.05, 3.63) is 47.8 Å². The van der Waals surface area contributed by atoms with Crippen molar-refractivity contribution in [2.75, 3.05) is 0 Å². The predicted octanol–water partition coefficient (Wildman–Crippen LogP) is 2.58. The summed E-state index contributed by atoms with van der Waals surface area (Å²) >= 11 is 0. The van der Waals surface area contributed by atoms with E-state index in [9.17, 15) is 0 Å². The number of hydrogen-bond acceptors (Lipinski definition) is 2. The zero-order valence-corrected chi connectivity index (χ0v) is 9.86. The molecule has 2 N–H and O–H groups in total. The van der Waals surface area contributed by atoms with Gasteiger partial charge in [-0.25, -0.2) is 0 Å². The number of pyridine rings is 2. The molecule has 2 heterocycles. The fourth-order valence-electron chi connectivity index (χ4n) is 1.96. The smallest absolute Gasteiger partial charge is 0.0967 e. The Balaban J connectivity index is 0.00000108. The molecule has 3 rings (SSSR count). The van der Waals surface area contributed by atoms with Gasteiger partial charge < -0.3 is 5.48 Å². The summed E-state index contributed by atoms with van der Waals surface area (Å²) < 4.78 is 0. The second-order valence-corrected chi connectivity index (χ2v) is 4.11. The number of nitrogens with zero attached hydrogens (tertiary/aromatic N) is 2. The van der Waals surface area contributed by atoms with Gasteiger partial charge in [-0.05, 0) is 26.0 Å². The predicted molar refractivity (Wildman–Crippen MR) is 70.1 cm³/mol. The van der Waals surface area contributed by atoms with Crippen LogP contribution in [0.15, 0.2) is 36.4 Å². The third-order valence-electron chi connectivity index (χ3n) is 2.80. The average molecular weight is 226 g/mol. The average Bonchev–Trinajstić information content (AvgIpc) is 2.29. The molecule has 0 aliphatic rings. The number of fused-ring (bicyclic) bond motifs is 3. The van der Waals surface area contributed by atoms with E-state index in [0.29, 0.717) is 0 Å². The fraction of sp³-hybridized carbons (Fsp3) is 0.143. The van der Waals surface area contributed by atoms with Crippen molar-refractivity contribution in [3.8, 4) is 0 Å². The molecule has 2 aromatic heterocycles. The summed E-state index contributed by atoms with van der Waals surface area (Å²) in [7, 11) is 0. The lowest BCUT2D eigenvalue weighted by Crippen LogP contribution is -1.89. The second kappa shape index (κ2) is 4.11. The summed E-state index contributed by atoms with van der Waals surface area (Å²) in [6, 6.07) is 12.5. The van der Waals surface area contributed by atoms with Crippen molar-refractivity contribution in [1.29, 1.82) is 0 Å². The van der Waals surface area contributed by atoms with Crippen molar-refractivity contribution in [2.24, 2.45) is 0 Å². The van der Waals surface area contributed by atoms with Crippen molar-refractivity contribution in [2.45, 2.75) is 13.8 Å². The molecule has 0 spiro atoms. The molecule has 0 saturated carbocycles. The minimum Gasteiger partial charge on any atom is -0.412 e. The van der Waals surface area contributed by atoms with Gasteiger partial charge >= 0.3 is 0 Å². The van der Waals surface area contributed by atoms with Crippen LogP contribution < -0.4 is 0 Å². The Kier molecular flexibility index (Phi) is 2.77. The van der Waals surface area contributed by atoms with Crippen molar-refractivity contribution in [3.63, 3.8) is 0 Å². The van der Waals surface area contributed by atoms with Crippen LogP contribution in [0, 0.1) is 13.8 Å². The van der Waals surface area contributed by atoms with E-state index in [-0.39, 0.29) is 5.48 Å². The molecule has 0 aliphatic heterocycles. The zero-order valence-electron chi connectivity index (χ0n) is 9.86. The molecule has 0 saturated heterocycles. The molecule has 0 atom stereocenters. The first-order valence-corrected chi connectivity index (χ1v) is 5.38. The Morgan fingerprint density at radius 2 is 1.00 bits per heavy atom. The van der Waals surface area contributed by atoms with Crippen LogP contribution in [0.25, 0.3) is 21.8 Å². The number of hydrogen-bond donors (Lipinski definition) is 0. The van der Waals surface area contributed by atoms with Crippen molar-refractivity contribution < 1.29 is 5.48 Å².